The minimum Gasteiger partial charge on any atom is -0.756 e. The van der Waals surface area contributed by atoms with E-state index in [4.69, 9.17) is 9.05 Å². The third kappa shape index (κ3) is 43.5. The van der Waals surface area contributed by atoms with Crippen molar-refractivity contribution in [1.82, 2.24) is 5.32 Å². The van der Waals surface area contributed by atoms with Crippen LogP contribution in [0.4, 0.5) is 0 Å². The van der Waals surface area contributed by atoms with Crippen LogP contribution in [-0.4, -0.2) is 68.5 Å². The lowest BCUT2D eigenvalue weighted by Crippen LogP contribution is -2.45. The van der Waals surface area contributed by atoms with Crippen LogP contribution < -0.4 is 10.2 Å². The minimum atomic E-state index is -4.62. The van der Waals surface area contributed by atoms with E-state index >= 15 is 0 Å². The van der Waals surface area contributed by atoms with E-state index in [0.29, 0.717) is 17.4 Å². The fraction of sp³-hybridized carbons (Fsp3) is 0.667. The van der Waals surface area contributed by atoms with Crippen molar-refractivity contribution in [2.75, 3.05) is 40.9 Å². The lowest BCUT2D eigenvalue weighted by atomic mass is 10.1. The third-order valence-corrected chi connectivity index (χ3v) is 10.7. The number of rotatable bonds is 41. The Hall–Kier alpha value is -2.58. The fourth-order valence-corrected chi connectivity index (χ4v) is 6.75. The SMILES string of the molecule is CC/C=C\C/C=C\C/C=C\C/C=C\C/C=C\CCCCCC(=O)NC(COP(=O)([O-])OCC[N+](C)(C)C)C(O)/C=C/CC/C=C/CC/C=C/CCCCCCCCCCC. The van der Waals surface area contributed by atoms with Gasteiger partial charge in [0.2, 0.25) is 5.91 Å². The Morgan fingerprint density at radius 1 is 0.600 bits per heavy atom. The number of allylic oxidation sites excluding steroid dienone is 15. The molecule has 1 amide bonds. The van der Waals surface area contributed by atoms with Gasteiger partial charge in [-0.15, -0.1) is 0 Å². The van der Waals surface area contributed by atoms with Gasteiger partial charge >= 0.3 is 0 Å². The number of likely N-dealkylation sites (N-methyl/N-ethyl adjacent to an activating group) is 1. The highest BCUT2D eigenvalue weighted by Gasteiger charge is 2.23. The molecule has 0 spiro atoms. The number of hydrogen-bond donors (Lipinski definition) is 2. The first-order valence-electron chi connectivity index (χ1n) is 23.6. The van der Waals surface area contributed by atoms with Gasteiger partial charge in [-0.3, -0.25) is 9.36 Å². The number of hydrogen-bond acceptors (Lipinski definition) is 6. The smallest absolute Gasteiger partial charge is 0.268 e. The molecule has 0 heterocycles. The van der Waals surface area contributed by atoms with Crippen LogP contribution in [-0.2, 0) is 18.4 Å². The van der Waals surface area contributed by atoms with Crippen molar-refractivity contribution in [1.29, 1.82) is 0 Å². The molecule has 0 bridgehead atoms. The van der Waals surface area contributed by atoms with Gasteiger partial charge in [0.1, 0.15) is 13.2 Å². The minimum absolute atomic E-state index is 0.0213. The largest absolute Gasteiger partial charge is 0.756 e. The molecular weight excluding hydrogens is 768 g/mol. The van der Waals surface area contributed by atoms with Gasteiger partial charge < -0.3 is 28.8 Å². The highest BCUT2D eigenvalue weighted by Crippen LogP contribution is 2.38. The fourth-order valence-electron chi connectivity index (χ4n) is 6.03. The Bertz CT molecular complexity index is 1290. The summed E-state index contributed by atoms with van der Waals surface area (Å²) in [7, 11) is 1.19. The second-order valence-electron chi connectivity index (χ2n) is 16.7. The summed E-state index contributed by atoms with van der Waals surface area (Å²) >= 11 is 0. The van der Waals surface area contributed by atoms with Crippen LogP contribution in [0.25, 0.3) is 0 Å². The molecule has 3 atom stereocenters. The second-order valence-corrected chi connectivity index (χ2v) is 18.1. The molecule has 0 aromatic heterocycles. The lowest BCUT2D eigenvalue weighted by molar-refractivity contribution is -0.870. The molecule has 0 saturated heterocycles. The van der Waals surface area contributed by atoms with Crippen LogP contribution in [0, 0.1) is 0 Å². The average Bonchev–Trinajstić information content (AvgIpc) is 3.20. The monoisotopic (exact) mass is 857 g/mol. The van der Waals surface area contributed by atoms with Crippen molar-refractivity contribution >= 4 is 13.7 Å². The van der Waals surface area contributed by atoms with Gasteiger partial charge in [-0.2, -0.15) is 0 Å². The van der Waals surface area contributed by atoms with Crippen molar-refractivity contribution < 1.29 is 32.9 Å². The van der Waals surface area contributed by atoms with Crippen molar-refractivity contribution in [2.45, 2.75) is 180 Å². The number of phosphoric ester groups is 1. The molecule has 0 aliphatic heterocycles. The summed E-state index contributed by atoms with van der Waals surface area (Å²) in [5.41, 5.74) is 0. The third-order valence-electron chi connectivity index (χ3n) is 9.76. The molecule has 0 rings (SSSR count). The van der Waals surface area contributed by atoms with Gasteiger partial charge in [0.15, 0.2) is 0 Å². The summed E-state index contributed by atoms with van der Waals surface area (Å²) < 4.78 is 23.2. The molecule has 0 saturated carbocycles. The Kier molecular flexibility index (Phi) is 40.0. The number of nitrogens with one attached hydrogen (secondary N) is 1. The van der Waals surface area contributed by atoms with E-state index in [-0.39, 0.29) is 18.9 Å². The zero-order valence-corrected chi connectivity index (χ0v) is 39.8. The maximum atomic E-state index is 12.9. The topological polar surface area (TPSA) is 108 Å². The summed E-state index contributed by atoms with van der Waals surface area (Å²) in [4.78, 5) is 25.3. The highest BCUT2D eigenvalue weighted by atomic mass is 31.2. The number of carbonyl (C=O) groups is 1. The number of unbranched alkanes of at least 4 members (excludes halogenated alkanes) is 14. The van der Waals surface area contributed by atoms with Crippen LogP contribution in [0.3, 0.4) is 0 Å². The van der Waals surface area contributed by atoms with E-state index < -0.39 is 26.6 Å². The molecule has 0 aliphatic carbocycles. The highest BCUT2D eigenvalue weighted by molar-refractivity contribution is 7.45. The van der Waals surface area contributed by atoms with E-state index in [0.717, 1.165) is 77.0 Å². The quantitative estimate of drug-likeness (QED) is 0.0274. The summed E-state index contributed by atoms with van der Waals surface area (Å²) in [6.45, 7) is 4.45. The van der Waals surface area contributed by atoms with Crippen LogP contribution in [0.1, 0.15) is 168 Å². The summed E-state index contributed by atoms with van der Waals surface area (Å²) in [5.74, 6) is -0.247. The Morgan fingerprint density at radius 2 is 1.03 bits per heavy atom. The van der Waals surface area contributed by atoms with Gasteiger partial charge in [0, 0.05) is 6.42 Å². The number of amides is 1. The van der Waals surface area contributed by atoms with Crippen LogP contribution in [0.2, 0.25) is 0 Å². The maximum absolute atomic E-state index is 12.9. The van der Waals surface area contributed by atoms with E-state index in [1.165, 1.54) is 64.2 Å². The normalized spacial score (nSPS) is 15.1. The molecule has 2 N–H and O–H groups in total. The summed E-state index contributed by atoms with van der Waals surface area (Å²) in [5, 5.41) is 13.8. The molecule has 60 heavy (non-hydrogen) atoms. The number of carbonyl (C=O) groups excluding carboxylic acids is 1. The standard InChI is InChI=1S/C51H89N2O6P/c1-6-8-10-12-14-16-18-20-22-24-26-28-30-32-34-36-38-40-42-44-50(54)49(48-59-60(56,57)58-47-46-53(3,4)5)52-51(55)45-43-41-39-37-35-33-31-29-27-25-23-21-19-17-15-13-11-9-7-2/h9,11,15,17,21,23,26-29,33-36,42,44,49-50,54H,6-8,10,12-14,16,18-20,22,24-25,30-32,37-41,43,45-48H2,1-5H3,(H-,52,55,56,57)/b11-9-,17-15-,23-21-,28-26+,29-27-,35-33-,36-34+,44-42+. The lowest BCUT2D eigenvalue weighted by Gasteiger charge is -2.29. The Balaban J connectivity index is 4.56. The first-order chi connectivity index (χ1) is 29.0. The zero-order valence-electron chi connectivity index (χ0n) is 38.9. The van der Waals surface area contributed by atoms with Crippen molar-refractivity contribution in [3.05, 3.63) is 97.2 Å². The number of aliphatic hydroxyl groups is 1. The number of phosphoric acid groups is 1. The van der Waals surface area contributed by atoms with Gasteiger partial charge in [-0.05, 0) is 89.9 Å². The molecule has 3 unspecified atom stereocenters. The molecular formula is C51H89N2O6P. The molecule has 344 valence electrons. The van der Waals surface area contributed by atoms with Gasteiger partial charge in [0.05, 0.1) is 39.9 Å². The van der Waals surface area contributed by atoms with E-state index in [2.05, 4.69) is 104 Å². The Labute approximate surface area is 369 Å². The Morgan fingerprint density at radius 3 is 1.55 bits per heavy atom. The number of quaternary nitrogens is 1. The second kappa shape index (κ2) is 41.8. The van der Waals surface area contributed by atoms with Crippen molar-refractivity contribution in [3.8, 4) is 0 Å². The molecule has 0 aliphatic rings. The maximum Gasteiger partial charge on any atom is 0.268 e. The average molecular weight is 857 g/mol. The van der Waals surface area contributed by atoms with Crippen LogP contribution in [0.15, 0.2) is 97.2 Å². The number of aliphatic hydroxyl groups excluding tert-OH is 1. The molecule has 0 radical (unpaired) electrons. The predicted molar refractivity (Wildman–Crippen MR) is 256 cm³/mol. The van der Waals surface area contributed by atoms with E-state index in [1.807, 2.05) is 27.2 Å². The molecule has 0 fully saturated rings. The van der Waals surface area contributed by atoms with Crippen LogP contribution in [0.5, 0.6) is 0 Å². The molecule has 9 heteroatoms. The van der Waals surface area contributed by atoms with Crippen molar-refractivity contribution in [2.24, 2.45) is 0 Å². The first kappa shape index (κ1) is 57.4. The van der Waals surface area contributed by atoms with E-state index in [9.17, 15) is 19.4 Å². The van der Waals surface area contributed by atoms with Crippen molar-refractivity contribution in [3.63, 3.8) is 0 Å². The van der Waals surface area contributed by atoms with Crippen LogP contribution >= 0.6 is 7.82 Å². The molecule has 0 aromatic carbocycles. The predicted octanol–water partition coefficient (Wildman–Crippen LogP) is 12.9. The van der Waals surface area contributed by atoms with Gasteiger partial charge in [-0.25, -0.2) is 0 Å². The van der Waals surface area contributed by atoms with Gasteiger partial charge in [-0.1, -0.05) is 169 Å². The van der Waals surface area contributed by atoms with E-state index in [1.54, 1.807) is 6.08 Å². The molecule has 0 aromatic rings. The summed E-state index contributed by atoms with van der Waals surface area (Å²) in [6, 6.07) is -0.933. The first-order valence-corrected chi connectivity index (χ1v) is 25.1. The number of nitrogens with zero attached hydrogens (tertiary/aromatic N) is 1. The summed E-state index contributed by atoms with van der Waals surface area (Å²) in [6.07, 6.45) is 58.9. The van der Waals surface area contributed by atoms with Gasteiger partial charge in [0.25, 0.3) is 7.82 Å². The molecule has 8 nitrogen and oxygen atoms in total. The zero-order chi connectivity index (χ0) is 44.3.